The van der Waals surface area contributed by atoms with Gasteiger partial charge in [0.15, 0.2) is 20.1 Å². The van der Waals surface area contributed by atoms with Gasteiger partial charge in [-0.3, -0.25) is 10.6 Å². The number of hydrogen-bond donors (Lipinski definition) is 3. The van der Waals surface area contributed by atoms with Crippen molar-refractivity contribution in [3.63, 3.8) is 0 Å². The van der Waals surface area contributed by atoms with Gasteiger partial charge < -0.3 is 0 Å². The zero-order valence-corrected chi connectivity index (χ0v) is 10.6. The molecule has 0 aliphatic rings. The van der Waals surface area contributed by atoms with E-state index in [1.807, 2.05) is 0 Å². The first kappa shape index (κ1) is 21.3. The van der Waals surface area contributed by atoms with Crippen molar-refractivity contribution in [1.29, 1.82) is 0 Å². The quantitative estimate of drug-likeness (QED) is 0.278. The molecule has 0 fully saturated rings. The summed E-state index contributed by atoms with van der Waals surface area (Å²) in [6, 6.07) is 0. The van der Waals surface area contributed by atoms with Gasteiger partial charge in [-0.2, -0.15) is 0 Å². The first-order valence-corrected chi connectivity index (χ1v) is 6.55. The van der Waals surface area contributed by atoms with Crippen LogP contribution in [-0.4, -0.2) is 39.5 Å². The van der Waals surface area contributed by atoms with Gasteiger partial charge in [0.1, 0.15) is 0 Å². The van der Waals surface area contributed by atoms with Crippen molar-refractivity contribution < 1.29 is 28.1 Å². The lowest BCUT2D eigenvalue weighted by Crippen LogP contribution is -2.07. The highest BCUT2D eigenvalue weighted by molar-refractivity contribution is 7.38. The highest BCUT2D eigenvalue weighted by Gasteiger charge is 2.17. The van der Waals surface area contributed by atoms with Gasteiger partial charge in [-0.05, 0) is 18.7 Å². The molecule has 3 N–H and O–H groups in total. The molecular formula is C6H20N2O6P2+2. The Hall–Kier alpha value is -0.0400. The molecule has 2 atom stereocenters. The van der Waals surface area contributed by atoms with Gasteiger partial charge in [-0.1, -0.05) is 7.43 Å². The number of rotatable bonds is 7. The Morgan fingerprint density at radius 2 is 1.56 bits per heavy atom. The van der Waals surface area contributed by atoms with Gasteiger partial charge in [0.2, 0.25) is 0 Å². The van der Waals surface area contributed by atoms with E-state index >= 15 is 0 Å². The lowest BCUT2D eigenvalue weighted by atomic mass is 11.2. The predicted molar refractivity (Wildman–Crippen MR) is 61.6 cm³/mol. The Morgan fingerprint density at radius 3 is 1.81 bits per heavy atom. The number of hydrogen-bond acceptors (Lipinski definition) is 8. The lowest BCUT2D eigenvalue weighted by molar-refractivity contribution is -0.142. The normalized spacial score (nSPS) is 10.8. The highest BCUT2D eigenvalue weighted by Crippen LogP contribution is 2.19. The third kappa shape index (κ3) is 23.6. The van der Waals surface area contributed by atoms with Crippen LogP contribution in [0, 0.1) is 0 Å². The van der Waals surface area contributed by atoms with Crippen LogP contribution in [0.1, 0.15) is 7.43 Å². The van der Waals surface area contributed by atoms with E-state index in [4.69, 9.17) is 5.26 Å². The average Bonchev–Trinajstić information content (AvgIpc) is 2.23. The van der Waals surface area contributed by atoms with Gasteiger partial charge in [0.25, 0.3) is 0 Å². The molecular weight excluding hydrogens is 258 g/mol. The van der Waals surface area contributed by atoms with Crippen molar-refractivity contribution in [2.24, 2.45) is 0 Å². The van der Waals surface area contributed by atoms with Gasteiger partial charge in [0.05, 0.1) is 4.67 Å². The smallest absolute Gasteiger partial charge is 0.294 e. The molecule has 0 spiro atoms. The summed E-state index contributed by atoms with van der Waals surface area (Å²) in [4.78, 5) is 0. The summed E-state index contributed by atoms with van der Waals surface area (Å²) in [6.07, 6.45) is 0. The molecule has 0 aliphatic carbocycles. The highest BCUT2D eigenvalue weighted by atomic mass is 31.1. The van der Waals surface area contributed by atoms with E-state index in [-0.39, 0.29) is 14.2 Å². The van der Waals surface area contributed by atoms with Crippen LogP contribution in [0.15, 0.2) is 0 Å². The second-order valence-corrected chi connectivity index (χ2v) is 4.01. The molecule has 0 amide bonds. The summed E-state index contributed by atoms with van der Waals surface area (Å²) in [5.41, 5.74) is 0. The summed E-state index contributed by atoms with van der Waals surface area (Å²) in [5.74, 6) is 0. The molecule has 0 saturated heterocycles. The Morgan fingerprint density at radius 1 is 1.12 bits per heavy atom. The second kappa shape index (κ2) is 17.4. The minimum absolute atomic E-state index is 0. The molecule has 0 heterocycles. The van der Waals surface area contributed by atoms with E-state index in [9.17, 15) is 9.13 Å². The van der Waals surface area contributed by atoms with Crippen molar-refractivity contribution in [3.8, 4) is 0 Å². The second-order valence-electron chi connectivity index (χ2n) is 2.00. The van der Waals surface area contributed by atoms with Crippen LogP contribution in [0.25, 0.3) is 0 Å². The number of nitrogens with one attached hydrogen (secondary N) is 2. The molecule has 0 aromatic heterocycles. The van der Waals surface area contributed by atoms with Gasteiger partial charge in [-0.25, -0.2) is 5.26 Å². The molecule has 8 nitrogen and oxygen atoms in total. The third-order valence-corrected chi connectivity index (χ3v) is 1.74. The molecule has 98 valence electrons. The topological polar surface area (TPSA) is 106 Å². The fourth-order valence-electron chi connectivity index (χ4n) is 0.296. The minimum atomic E-state index is -2.34. The Balaban J connectivity index is -0.000000200. The largest absolute Gasteiger partial charge is 0.729 e. The minimum Gasteiger partial charge on any atom is -0.294 e. The Labute approximate surface area is 97.4 Å². The SMILES string of the molecule is C.CNCO[P+](=O)OO.CNCO[P+](C)=O. The monoisotopic (exact) mass is 278 g/mol. The van der Waals surface area contributed by atoms with Crippen LogP contribution >= 0.6 is 16.3 Å². The summed E-state index contributed by atoms with van der Waals surface area (Å²) in [6.45, 7) is 1.98. The van der Waals surface area contributed by atoms with E-state index in [0.29, 0.717) is 6.73 Å². The predicted octanol–water partition coefficient (Wildman–Crippen LogP) is 1.52. The lowest BCUT2D eigenvalue weighted by Gasteiger charge is -1.82. The van der Waals surface area contributed by atoms with Crippen LogP contribution in [-0.2, 0) is 22.9 Å². The molecule has 10 heteroatoms. The van der Waals surface area contributed by atoms with Crippen molar-refractivity contribution in [2.75, 3.05) is 34.2 Å². The fraction of sp³-hybridized carbons (Fsp3) is 1.00. The van der Waals surface area contributed by atoms with Crippen LogP contribution in [0.3, 0.4) is 0 Å². The maximum Gasteiger partial charge on any atom is 0.729 e. The summed E-state index contributed by atoms with van der Waals surface area (Å²) >= 11 is 0. The molecule has 2 unspecified atom stereocenters. The molecule has 0 aromatic carbocycles. The zero-order chi connectivity index (χ0) is 12.1. The zero-order valence-electron chi connectivity index (χ0n) is 8.80. The fourth-order valence-corrected chi connectivity index (χ4v) is 0.889. The molecule has 0 aliphatic heterocycles. The van der Waals surface area contributed by atoms with E-state index < -0.39 is 16.3 Å². The summed E-state index contributed by atoms with van der Waals surface area (Å²) < 4.78 is 32.2. The van der Waals surface area contributed by atoms with Gasteiger partial charge in [0, 0.05) is 4.57 Å². The Kier molecular flexibility index (Phi) is 23.1. The first-order chi connectivity index (χ1) is 7.08. The maximum atomic E-state index is 10.1. The van der Waals surface area contributed by atoms with E-state index in [2.05, 4.69) is 24.4 Å². The molecule has 0 rings (SSSR count). The van der Waals surface area contributed by atoms with Crippen LogP contribution in [0.2, 0.25) is 0 Å². The average molecular weight is 278 g/mol. The molecule has 0 radical (unpaired) electrons. The molecule has 0 bridgehead atoms. The van der Waals surface area contributed by atoms with Crippen molar-refractivity contribution in [1.82, 2.24) is 10.6 Å². The molecule has 0 saturated carbocycles. The maximum absolute atomic E-state index is 10.1. The van der Waals surface area contributed by atoms with Crippen molar-refractivity contribution in [2.45, 2.75) is 7.43 Å². The first-order valence-electron chi connectivity index (χ1n) is 3.83. The van der Waals surface area contributed by atoms with Crippen molar-refractivity contribution >= 4 is 16.3 Å². The molecule has 16 heavy (non-hydrogen) atoms. The Bertz CT molecular complexity index is 182. The van der Waals surface area contributed by atoms with Gasteiger partial charge in [-0.15, -0.1) is 9.05 Å². The summed E-state index contributed by atoms with van der Waals surface area (Å²) in [7, 11) is -0.413. The van der Waals surface area contributed by atoms with Crippen molar-refractivity contribution in [3.05, 3.63) is 0 Å². The van der Waals surface area contributed by atoms with Gasteiger partial charge >= 0.3 is 16.3 Å². The van der Waals surface area contributed by atoms with Crippen LogP contribution < -0.4 is 10.6 Å². The van der Waals surface area contributed by atoms with E-state index in [1.165, 1.54) is 6.66 Å². The summed E-state index contributed by atoms with van der Waals surface area (Å²) in [5, 5.41) is 12.9. The van der Waals surface area contributed by atoms with Crippen LogP contribution in [0.4, 0.5) is 0 Å². The third-order valence-electron chi connectivity index (χ3n) is 0.772. The van der Waals surface area contributed by atoms with E-state index in [1.54, 1.807) is 14.1 Å². The van der Waals surface area contributed by atoms with Crippen LogP contribution in [0.5, 0.6) is 0 Å². The van der Waals surface area contributed by atoms with E-state index in [0.717, 1.165) is 0 Å². The molecule has 0 aromatic rings. The standard InChI is InChI=1S/C3H9NO2P.C2H6NO4P.CH4/c1-4-3-6-7(2)5;1-3-2-6-8(5)7-4;/h4H,3H2,1-2H3;3H,2H2,1H3;1H4/q+1;;/p+1.